The number of carbonyl (C=O) groups excluding carboxylic acids is 1. The summed E-state index contributed by atoms with van der Waals surface area (Å²) in [7, 11) is 0. The summed E-state index contributed by atoms with van der Waals surface area (Å²) >= 11 is 11.9. The molecule has 0 aromatic heterocycles. The average Bonchev–Trinajstić information content (AvgIpc) is 2.44. The van der Waals surface area contributed by atoms with Crippen LogP contribution in [0.1, 0.15) is 19.3 Å². The van der Waals surface area contributed by atoms with Crippen LogP contribution in [0.15, 0.2) is 18.2 Å². The predicted molar refractivity (Wildman–Crippen MR) is 84.9 cm³/mol. The number of anilines is 1. The molecule has 0 unspecified atom stereocenters. The molecule has 1 heterocycles. The van der Waals surface area contributed by atoms with Gasteiger partial charge in [-0.05, 0) is 44.0 Å². The lowest BCUT2D eigenvalue weighted by Gasteiger charge is -2.31. The Bertz CT molecular complexity index is 558. The number of halogens is 5. The molecule has 128 valence electrons. The molecular weight excluding hydrogens is 352 g/mol. The van der Waals surface area contributed by atoms with E-state index < -0.39 is 12.6 Å². The van der Waals surface area contributed by atoms with Crippen LogP contribution in [0.25, 0.3) is 0 Å². The van der Waals surface area contributed by atoms with Crippen molar-refractivity contribution in [3.63, 3.8) is 0 Å². The summed E-state index contributed by atoms with van der Waals surface area (Å²) in [6.45, 7) is 1.09. The van der Waals surface area contributed by atoms with E-state index in [1.807, 2.05) is 4.90 Å². The quantitative estimate of drug-likeness (QED) is 0.842. The van der Waals surface area contributed by atoms with Crippen LogP contribution in [0.4, 0.5) is 18.9 Å². The van der Waals surface area contributed by atoms with Crippen molar-refractivity contribution < 1.29 is 18.0 Å². The van der Waals surface area contributed by atoms with E-state index in [2.05, 4.69) is 5.32 Å². The van der Waals surface area contributed by atoms with Gasteiger partial charge in [-0.25, -0.2) is 0 Å². The fourth-order valence-corrected chi connectivity index (χ4v) is 3.02. The summed E-state index contributed by atoms with van der Waals surface area (Å²) in [5.74, 6) is -0.611. The minimum absolute atomic E-state index is 0.127. The van der Waals surface area contributed by atoms with Crippen LogP contribution in [0.3, 0.4) is 0 Å². The van der Waals surface area contributed by atoms with Crippen molar-refractivity contribution in [2.24, 2.45) is 5.92 Å². The summed E-state index contributed by atoms with van der Waals surface area (Å²) in [4.78, 5) is 13.9. The molecule has 8 heteroatoms. The number of nitrogens with one attached hydrogen (secondary N) is 1. The molecule has 1 aromatic carbocycles. The topological polar surface area (TPSA) is 32.3 Å². The van der Waals surface area contributed by atoms with Gasteiger partial charge < -0.3 is 5.32 Å². The molecule has 0 bridgehead atoms. The first-order valence-electron chi connectivity index (χ1n) is 7.27. The first-order valence-corrected chi connectivity index (χ1v) is 8.03. The van der Waals surface area contributed by atoms with Gasteiger partial charge in [-0.2, -0.15) is 13.2 Å². The van der Waals surface area contributed by atoms with Crippen molar-refractivity contribution >= 4 is 34.8 Å². The van der Waals surface area contributed by atoms with Gasteiger partial charge in [0, 0.05) is 6.42 Å². The van der Waals surface area contributed by atoms with E-state index in [1.54, 1.807) is 18.2 Å². The van der Waals surface area contributed by atoms with Crippen LogP contribution in [0, 0.1) is 5.92 Å². The van der Waals surface area contributed by atoms with Crippen LogP contribution in [-0.4, -0.2) is 36.6 Å². The SMILES string of the molecule is O=C(CN1CCC(CC(F)(F)F)CC1)Nc1cccc(Cl)c1Cl. The zero-order valence-electron chi connectivity index (χ0n) is 12.3. The summed E-state index contributed by atoms with van der Waals surface area (Å²) in [6, 6.07) is 4.93. The largest absolute Gasteiger partial charge is 0.389 e. The van der Waals surface area contributed by atoms with E-state index in [0.29, 0.717) is 36.6 Å². The van der Waals surface area contributed by atoms with Gasteiger partial charge in [-0.15, -0.1) is 0 Å². The highest BCUT2D eigenvalue weighted by atomic mass is 35.5. The predicted octanol–water partition coefficient (Wildman–Crippen LogP) is 4.60. The van der Waals surface area contributed by atoms with E-state index in [1.165, 1.54) is 0 Å². The zero-order chi connectivity index (χ0) is 17.0. The number of carbonyl (C=O) groups is 1. The lowest BCUT2D eigenvalue weighted by Crippen LogP contribution is -2.40. The summed E-state index contributed by atoms with van der Waals surface area (Å²) < 4.78 is 37.1. The van der Waals surface area contributed by atoms with Crippen LogP contribution in [0.5, 0.6) is 0 Å². The number of hydrogen-bond donors (Lipinski definition) is 1. The van der Waals surface area contributed by atoms with Gasteiger partial charge in [0.15, 0.2) is 0 Å². The van der Waals surface area contributed by atoms with Gasteiger partial charge >= 0.3 is 6.18 Å². The number of alkyl halides is 3. The monoisotopic (exact) mass is 368 g/mol. The molecule has 0 saturated carbocycles. The summed E-state index contributed by atoms with van der Waals surface area (Å²) in [5.41, 5.74) is 0.427. The molecule has 3 nitrogen and oxygen atoms in total. The fraction of sp³-hybridized carbons (Fsp3) is 0.533. The number of benzene rings is 1. The minimum Gasteiger partial charge on any atom is -0.324 e. The maximum atomic E-state index is 12.4. The van der Waals surface area contributed by atoms with E-state index in [4.69, 9.17) is 23.2 Å². The molecule has 0 spiro atoms. The lowest BCUT2D eigenvalue weighted by molar-refractivity contribution is -0.147. The molecule has 0 aliphatic carbocycles. The average molecular weight is 369 g/mol. The number of likely N-dealkylation sites (tertiary alicyclic amines) is 1. The zero-order valence-corrected chi connectivity index (χ0v) is 13.8. The Labute approximate surface area is 142 Å². The summed E-state index contributed by atoms with van der Waals surface area (Å²) in [6.07, 6.45) is -3.96. The van der Waals surface area contributed by atoms with E-state index in [9.17, 15) is 18.0 Å². The third-order valence-corrected chi connectivity index (χ3v) is 4.64. The number of piperidine rings is 1. The molecule has 1 fully saturated rings. The second kappa shape index (κ2) is 7.73. The molecule has 23 heavy (non-hydrogen) atoms. The number of nitrogens with zero attached hydrogens (tertiary/aromatic N) is 1. The minimum atomic E-state index is -4.12. The van der Waals surface area contributed by atoms with Gasteiger partial charge in [0.05, 0.1) is 22.3 Å². The standard InChI is InChI=1S/C15H17Cl2F3N2O/c16-11-2-1-3-12(14(11)17)21-13(23)9-22-6-4-10(5-7-22)8-15(18,19)20/h1-3,10H,4-9H2,(H,21,23). The van der Waals surface area contributed by atoms with Crippen molar-refractivity contribution in [2.45, 2.75) is 25.4 Å². The van der Waals surface area contributed by atoms with E-state index in [0.717, 1.165) is 0 Å². The molecular formula is C15H17Cl2F3N2O. The Morgan fingerprint density at radius 2 is 1.91 bits per heavy atom. The Kier molecular flexibility index (Phi) is 6.17. The second-order valence-electron chi connectivity index (χ2n) is 5.69. The number of amides is 1. The van der Waals surface area contributed by atoms with Crippen molar-refractivity contribution in [2.75, 3.05) is 25.0 Å². The van der Waals surface area contributed by atoms with E-state index >= 15 is 0 Å². The molecule has 0 atom stereocenters. The molecule has 1 amide bonds. The smallest absolute Gasteiger partial charge is 0.324 e. The van der Waals surface area contributed by atoms with Crippen molar-refractivity contribution in [1.29, 1.82) is 0 Å². The first-order chi connectivity index (χ1) is 10.7. The number of rotatable bonds is 4. The van der Waals surface area contributed by atoms with Crippen molar-refractivity contribution in [1.82, 2.24) is 4.90 Å². The highest BCUT2D eigenvalue weighted by molar-refractivity contribution is 6.43. The molecule has 2 rings (SSSR count). The Hall–Kier alpha value is -0.980. The normalized spacial score (nSPS) is 17.3. The van der Waals surface area contributed by atoms with Crippen LogP contribution in [-0.2, 0) is 4.79 Å². The highest BCUT2D eigenvalue weighted by Crippen LogP contribution is 2.31. The molecule has 1 N–H and O–H groups in total. The van der Waals surface area contributed by atoms with Crippen LogP contribution < -0.4 is 5.32 Å². The van der Waals surface area contributed by atoms with Crippen molar-refractivity contribution in [3.8, 4) is 0 Å². The van der Waals surface area contributed by atoms with Gasteiger partial charge in [0.1, 0.15) is 0 Å². The van der Waals surface area contributed by atoms with Gasteiger partial charge in [0.2, 0.25) is 5.91 Å². The Morgan fingerprint density at radius 3 is 2.52 bits per heavy atom. The highest BCUT2D eigenvalue weighted by Gasteiger charge is 2.33. The van der Waals surface area contributed by atoms with Crippen LogP contribution in [0.2, 0.25) is 10.0 Å². The maximum Gasteiger partial charge on any atom is 0.389 e. The Morgan fingerprint density at radius 1 is 1.26 bits per heavy atom. The number of hydrogen-bond acceptors (Lipinski definition) is 2. The third-order valence-electron chi connectivity index (χ3n) is 3.82. The lowest BCUT2D eigenvalue weighted by atomic mass is 9.93. The van der Waals surface area contributed by atoms with Crippen molar-refractivity contribution in [3.05, 3.63) is 28.2 Å². The fourth-order valence-electron chi connectivity index (χ4n) is 2.67. The second-order valence-corrected chi connectivity index (χ2v) is 6.47. The van der Waals surface area contributed by atoms with Gasteiger partial charge in [0.25, 0.3) is 0 Å². The first kappa shape index (κ1) is 18.4. The summed E-state index contributed by atoms with van der Waals surface area (Å²) in [5, 5.41) is 3.29. The third kappa shape index (κ3) is 5.86. The Balaban J connectivity index is 1.80. The molecule has 1 aliphatic rings. The molecule has 1 aromatic rings. The van der Waals surface area contributed by atoms with Gasteiger partial charge in [-0.1, -0.05) is 29.3 Å². The maximum absolute atomic E-state index is 12.4. The van der Waals surface area contributed by atoms with E-state index in [-0.39, 0.29) is 23.4 Å². The molecule has 0 radical (unpaired) electrons. The molecule has 1 aliphatic heterocycles. The van der Waals surface area contributed by atoms with Crippen LogP contribution >= 0.6 is 23.2 Å². The van der Waals surface area contributed by atoms with Gasteiger partial charge in [-0.3, -0.25) is 9.69 Å². The molecule has 1 saturated heterocycles.